The van der Waals surface area contributed by atoms with E-state index in [1.165, 1.54) is 31.3 Å². The summed E-state index contributed by atoms with van der Waals surface area (Å²) in [6, 6.07) is 7.18. The topological polar surface area (TPSA) is 109 Å². The molecule has 0 bridgehead atoms. The van der Waals surface area contributed by atoms with Crippen LogP contribution in [0.1, 0.15) is 48.0 Å². The molecule has 0 aromatic heterocycles. The first-order valence-electron chi connectivity index (χ1n) is 9.36. The summed E-state index contributed by atoms with van der Waals surface area (Å²) in [6.07, 6.45) is 8.45. The number of hydrogen-bond donors (Lipinski definition) is 4. The number of hydrogen-bond acceptors (Lipinski definition) is 3. The SMILES string of the molecule is CN=C(NCCC1=CCCCC1)NCc1ccc(C(=O)NCC(N)=O)cc1.I. The number of primary amides is 1. The van der Waals surface area contributed by atoms with Crippen molar-refractivity contribution in [3.63, 3.8) is 0 Å². The smallest absolute Gasteiger partial charge is 0.251 e. The van der Waals surface area contributed by atoms with E-state index in [0.29, 0.717) is 12.1 Å². The van der Waals surface area contributed by atoms with Crippen molar-refractivity contribution in [3.05, 3.63) is 47.0 Å². The molecule has 1 aromatic rings. The van der Waals surface area contributed by atoms with Gasteiger partial charge >= 0.3 is 0 Å². The Morgan fingerprint density at radius 3 is 2.46 bits per heavy atom. The van der Waals surface area contributed by atoms with E-state index >= 15 is 0 Å². The summed E-state index contributed by atoms with van der Waals surface area (Å²) in [6.45, 7) is 1.30. The molecule has 0 unspecified atom stereocenters. The number of allylic oxidation sites excluding steroid dienone is 1. The van der Waals surface area contributed by atoms with E-state index < -0.39 is 5.91 Å². The number of amides is 2. The molecule has 1 aliphatic carbocycles. The van der Waals surface area contributed by atoms with E-state index in [-0.39, 0.29) is 36.4 Å². The molecule has 8 heteroatoms. The Balaban J connectivity index is 0.00000392. The summed E-state index contributed by atoms with van der Waals surface area (Å²) in [5.74, 6) is -0.125. The third-order valence-corrected chi connectivity index (χ3v) is 4.45. The molecular formula is C20H30IN5O2. The number of rotatable bonds is 8. The summed E-state index contributed by atoms with van der Waals surface area (Å²) < 4.78 is 0. The molecule has 0 spiro atoms. The Hall–Kier alpha value is -2.10. The molecule has 1 aliphatic rings. The minimum atomic E-state index is -0.567. The summed E-state index contributed by atoms with van der Waals surface area (Å²) in [5.41, 5.74) is 8.07. The van der Waals surface area contributed by atoms with Gasteiger partial charge in [0.15, 0.2) is 5.96 Å². The van der Waals surface area contributed by atoms with E-state index in [9.17, 15) is 9.59 Å². The first-order valence-corrected chi connectivity index (χ1v) is 9.36. The van der Waals surface area contributed by atoms with Crippen molar-refractivity contribution < 1.29 is 9.59 Å². The van der Waals surface area contributed by atoms with Gasteiger partial charge in [-0.15, -0.1) is 24.0 Å². The normalized spacial score (nSPS) is 13.8. The summed E-state index contributed by atoms with van der Waals surface area (Å²) >= 11 is 0. The lowest BCUT2D eigenvalue weighted by molar-refractivity contribution is -0.117. The van der Waals surface area contributed by atoms with Crippen LogP contribution in [0.25, 0.3) is 0 Å². The van der Waals surface area contributed by atoms with Gasteiger partial charge < -0.3 is 21.7 Å². The summed E-state index contributed by atoms with van der Waals surface area (Å²) in [7, 11) is 1.75. The van der Waals surface area contributed by atoms with Crippen molar-refractivity contribution in [2.75, 3.05) is 20.1 Å². The zero-order valence-electron chi connectivity index (χ0n) is 16.3. The molecule has 0 atom stereocenters. The van der Waals surface area contributed by atoms with Crippen LogP contribution in [-0.2, 0) is 11.3 Å². The monoisotopic (exact) mass is 499 g/mol. The van der Waals surface area contributed by atoms with Gasteiger partial charge in [0.2, 0.25) is 5.91 Å². The van der Waals surface area contributed by atoms with Gasteiger partial charge in [0, 0.05) is 25.7 Å². The lowest BCUT2D eigenvalue weighted by Crippen LogP contribution is -2.37. The van der Waals surface area contributed by atoms with Gasteiger partial charge in [-0.05, 0) is 49.8 Å². The Morgan fingerprint density at radius 2 is 1.86 bits per heavy atom. The number of halogens is 1. The summed E-state index contributed by atoms with van der Waals surface area (Å²) in [5, 5.41) is 9.07. The third-order valence-electron chi connectivity index (χ3n) is 4.45. The molecule has 0 aliphatic heterocycles. The number of nitrogens with one attached hydrogen (secondary N) is 3. The predicted octanol–water partition coefficient (Wildman–Crippen LogP) is 2.08. The average molecular weight is 499 g/mol. The van der Waals surface area contributed by atoms with Gasteiger partial charge in [0.1, 0.15) is 0 Å². The highest BCUT2D eigenvalue weighted by Crippen LogP contribution is 2.19. The number of nitrogens with two attached hydrogens (primary N) is 1. The molecule has 154 valence electrons. The predicted molar refractivity (Wildman–Crippen MR) is 123 cm³/mol. The van der Waals surface area contributed by atoms with Crippen LogP contribution in [0.3, 0.4) is 0 Å². The Labute approximate surface area is 183 Å². The first kappa shape index (κ1) is 23.9. The average Bonchev–Trinajstić information content (AvgIpc) is 2.70. The zero-order valence-corrected chi connectivity index (χ0v) is 18.6. The summed E-state index contributed by atoms with van der Waals surface area (Å²) in [4.78, 5) is 26.8. The Morgan fingerprint density at radius 1 is 1.11 bits per heavy atom. The Kier molecular flexibility index (Phi) is 11.2. The van der Waals surface area contributed by atoms with Crippen LogP contribution in [0.4, 0.5) is 0 Å². The number of aliphatic imine (C=N–C) groups is 1. The van der Waals surface area contributed by atoms with Gasteiger partial charge in [-0.2, -0.15) is 0 Å². The largest absolute Gasteiger partial charge is 0.368 e. The van der Waals surface area contributed by atoms with E-state index in [0.717, 1.165) is 24.5 Å². The lowest BCUT2D eigenvalue weighted by Gasteiger charge is -2.15. The van der Waals surface area contributed by atoms with Crippen LogP contribution in [-0.4, -0.2) is 37.9 Å². The van der Waals surface area contributed by atoms with Gasteiger partial charge in [-0.1, -0.05) is 23.8 Å². The van der Waals surface area contributed by atoms with Crippen LogP contribution in [0.15, 0.2) is 40.9 Å². The molecule has 0 heterocycles. The molecular weight excluding hydrogens is 469 g/mol. The second-order valence-corrected chi connectivity index (χ2v) is 6.56. The van der Waals surface area contributed by atoms with Gasteiger partial charge in [-0.3, -0.25) is 14.6 Å². The molecule has 2 amide bonds. The second-order valence-electron chi connectivity index (χ2n) is 6.56. The third kappa shape index (κ3) is 8.73. The number of carbonyl (C=O) groups excluding carboxylic acids is 2. The zero-order chi connectivity index (χ0) is 19.5. The fourth-order valence-electron chi connectivity index (χ4n) is 2.92. The van der Waals surface area contributed by atoms with Crippen LogP contribution in [0.2, 0.25) is 0 Å². The van der Waals surface area contributed by atoms with E-state index in [1.54, 1.807) is 19.2 Å². The van der Waals surface area contributed by atoms with Crippen LogP contribution in [0.5, 0.6) is 0 Å². The van der Waals surface area contributed by atoms with Gasteiger partial charge in [0.25, 0.3) is 5.91 Å². The quantitative estimate of drug-likeness (QED) is 0.190. The molecule has 7 nitrogen and oxygen atoms in total. The highest BCUT2D eigenvalue weighted by Gasteiger charge is 2.07. The number of guanidine groups is 1. The van der Waals surface area contributed by atoms with Crippen molar-refractivity contribution in [2.24, 2.45) is 10.7 Å². The molecule has 0 saturated heterocycles. The maximum Gasteiger partial charge on any atom is 0.251 e. The molecule has 0 fully saturated rings. The maximum atomic E-state index is 11.9. The van der Waals surface area contributed by atoms with E-state index in [2.05, 4.69) is 27.0 Å². The van der Waals surface area contributed by atoms with Crippen molar-refractivity contribution in [3.8, 4) is 0 Å². The van der Waals surface area contributed by atoms with Gasteiger partial charge in [-0.25, -0.2) is 0 Å². The van der Waals surface area contributed by atoms with Crippen molar-refractivity contribution >= 4 is 41.8 Å². The van der Waals surface area contributed by atoms with E-state index in [4.69, 9.17) is 5.73 Å². The maximum absolute atomic E-state index is 11.9. The number of nitrogens with zero attached hydrogens (tertiary/aromatic N) is 1. The van der Waals surface area contributed by atoms with Crippen molar-refractivity contribution in [1.82, 2.24) is 16.0 Å². The standard InChI is InChI=1S/C20H29N5O2.HI/c1-22-20(23-12-11-15-5-3-2-4-6-15)25-13-16-7-9-17(10-8-16)19(27)24-14-18(21)26;/h5,7-10H,2-4,6,11-14H2,1H3,(H2,21,26)(H,24,27)(H2,22,23,25);1H. The van der Waals surface area contributed by atoms with Crippen LogP contribution in [0, 0.1) is 0 Å². The fraction of sp³-hybridized carbons (Fsp3) is 0.450. The highest BCUT2D eigenvalue weighted by molar-refractivity contribution is 14.0. The minimum Gasteiger partial charge on any atom is -0.368 e. The van der Waals surface area contributed by atoms with Crippen molar-refractivity contribution in [1.29, 1.82) is 0 Å². The van der Waals surface area contributed by atoms with Crippen LogP contribution >= 0.6 is 24.0 Å². The van der Waals surface area contributed by atoms with E-state index in [1.807, 2.05) is 12.1 Å². The lowest BCUT2D eigenvalue weighted by atomic mass is 9.97. The van der Waals surface area contributed by atoms with Crippen LogP contribution < -0.4 is 21.7 Å². The second kappa shape index (κ2) is 13.1. The molecule has 0 saturated carbocycles. The van der Waals surface area contributed by atoms with Crippen molar-refractivity contribution in [2.45, 2.75) is 38.6 Å². The highest BCUT2D eigenvalue weighted by atomic mass is 127. The first-order chi connectivity index (χ1) is 13.1. The molecule has 2 rings (SSSR count). The minimum absolute atomic E-state index is 0. The molecule has 5 N–H and O–H groups in total. The number of carbonyl (C=O) groups is 2. The molecule has 0 radical (unpaired) electrons. The Bertz CT molecular complexity index is 701. The molecule has 1 aromatic carbocycles. The molecule has 28 heavy (non-hydrogen) atoms. The number of benzene rings is 1. The fourth-order valence-corrected chi connectivity index (χ4v) is 2.92. The van der Waals surface area contributed by atoms with Gasteiger partial charge in [0.05, 0.1) is 6.54 Å².